The maximum Gasteiger partial charge on any atom is 0.284 e. The Kier molecular flexibility index (Phi) is 5.87. The van der Waals surface area contributed by atoms with Crippen LogP contribution in [-0.4, -0.2) is 42.3 Å². The Morgan fingerprint density at radius 1 is 1.63 bits per heavy atom. The first-order chi connectivity index (χ1) is 8.97. The molecule has 19 heavy (non-hydrogen) atoms. The molecule has 0 bridgehead atoms. The van der Waals surface area contributed by atoms with E-state index in [9.17, 15) is 20.0 Å². The summed E-state index contributed by atoms with van der Waals surface area (Å²) < 4.78 is 4.83. The Labute approximate surface area is 117 Å². The molecule has 0 heterocycles. The monoisotopic (exact) mass is 332 g/mol. The Morgan fingerprint density at radius 3 is 2.89 bits per heavy atom. The van der Waals surface area contributed by atoms with Gasteiger partial charge in [-0.2, -0.15) is 0 Å². The fourth-order valence-corrected chi connectivity index (χ4v) is 1.98. The van der Waals surface area contributed by atoms with Gasteiger partial charge in [-0.3, -0.25) is 14.9 Å². The average molecular weight is 333 g/mol. The fraction of sp³-hybridized carbons (Fsp3) is 0.364. The number of aliphatic hydroxyl groups is 1. The van der Waals surface area contributed by atoms with E-state index in [2.05, 4.69) is 21.2 Å². The number of nitro benzene ring substituents is 1. The van der Waals surface area contributed by atoms with E-state index < -0.39 is 16.9 Å². The number of halogens is 1. The number of amides is 1. The van der Waals surface area contributed by atoms with Crippen LogP contribution in [-0.2, 0) is 4.74 Å². The lowest BCUT2D eigenvalue weighted by atomic mass is 10.2. The van der Waals surface area contributed by atoms with E-state index in [0.29, 0.717) is 0 Å². The van der Waals surface area contributed by atoms with Gasteiger partial charge in [-0.05, 0) is 22.0 Å². The summed E-state index contributed by atoms with van der Waals surface area (Å²) in [6, 6.07) is 4.17. The van der Waals surface area contributed by atoms with Gasteiger partial charge in [0, 0.05) is 19.7 Å². The van der Waals surface area contributed by atoms with E-state index in [1.54, 1.807) is 0 Å². The van der Waals surface area contributed by atoms with E-state index in [0.717, 1.165) is 0 Å². The zero-order valence-corrected chi connectivity index (χ0v) is 11.7. The van der Waals surface area contributed by atoms with E-state index in [-0.39, 0.29) is 28.9 Å². The van der Waals surface area contributed by atoms with Crippen LogP contribution in [0.3, 0.4) is 0 Å². The molecule has 7 nitrogen and oxygen atoms in total. The number of benzene rings is 1. The van der Waals surface area contributed by atoms with Crippen molar-refractivity contribution in [1.29, 1.82) is 0 Å². The number of hydrogen-bond donors (Lipinski definition) is 2. The summed E-state index contributed by atoms with van der Waals surface area (Å²) >= 11 is 3.03. The molecule has 0 saturated carbocycles. The molecule has 0 aliphatic heterocycles. The number of rotatable bonds is 6. The number of hydrogen-bond acceptors (Lipinski definition) is 5. The highest BCUT2D eigenvalue weighted by Crippen LogP contribution is 2.28. The second-order valence-electron chi connectivity index (χ2n) is 3.71. The average Bonchev–Trinajstić information content (AvgIpc) is 2.36. The maximum atomic E-state index is 11.8. The summed E-state index contributed by atoms with van der Waals surface area (Å²) in [7, 11) is 1.43. The summed E-state index contributed by atoms with van der Waals surface area (Å²) in [4.78, 5) is 22.0. The van der Waals surface area contributed by atoms with Gasteiger partial charge in [0.25, 0.3) is 11.6 Å². The van der Waals surface area contributed by atoms with Crippen LogP contribution in [0, 0.1) is 10.1 Å². The number of carbonyl (C=O) groups is 1. The largest absolute Gasteiger partial charge is 0.389 e. The van der Waals surface area contributed by atoms with Crippen LogP contribution < -0.4 is 5.32 Å². The molecule has 1 atom stereocenters. The van der Waals surface area contributed by atoms with Crippen molar-refractivity contribution < 1.29 is 19.6 Å². The number of nitrogens with one attached hydrogen (secondary N) is 1. The Balaban J connectivity index is 2.78. The van der Waals surface area contributed by atoms with Crippen molar-refractivity contribution in [2.24, 2.45) is 0 Å². The molecule has 1 aromatic rings. The standard InChI is InChI=1S/C11H13BrN2O5/c1-19-6-7(15)5-13-11(16)8-3-2-4-9(10(8)12)14(17)18/h2-4,7,15H,5-6H2,1H3,(H,13,16). The lowest BCUT2D eigenvalue weighted by Gasteiger charge is -2.11. The predicted molar refractivity (Wildman–Crippen MR) is 71.0 cm³/mol. The van der Waals surface area contributed by atoms with E-state index >= 15 is 0 Å². The van der Waals surface area contributed by atoms with Crippen molar-refractivity contribution in [3.8, 4) is 0 Å². The van der Waals surface area contributed by atoms with Crippen molar-refractivity contribution in [3.05, 3.63) is 38.3 Å². The molecule has 104 valence electrons. The number of nitrogens with zero attached hydrogens (tertiary/aromatic N) is 1. The molecule has 0 saturated heterocycles. The zero-order valence-electron chi connectivity index (χ0n) is 10.1. The molecule has 0 aliphatic rings. The predicted octanol–water partition coefficient (Wildman–Crippen LogP) is 1.09. The molecule has 0 spiro atoms. The van der Waals surface area contributed by atoms with E-state index in [1.165, 1.54) is 25.3 Å². The van der Waals surface area contributed by atoms with Gasteiger partial charge in [-0.25, -0.2) is 0 Å². The van der Waals surface area contributed by atoms with Crippen molar-refractivity contribution in [1.82, 2.24) is 5.32 Å². The maximum absolute atomic E-state index is 11.8. The molecule has 0 aromatic heterocycles. The fourth-order valence-electron chi connectivity index (χ4n) is 1.39. The van der Waals surface area contributed by atoms with Crippen LogP contribution in [0.1, 0.15) is 10.4 Å². The van der Waals surface area contributed by atoms with Gasteiger partial charge in [0.15, 0.2) is 0 Å². The Hall–Kier alpha value is -1.51. The van der Waals surface area contributed by atoms with Crippen molar-refractivity contribution in [3.63, 3.8) is 0 Å². The number of methoxy groups -OCH3 is 1. The first kappa shape index (κ1) is 15.5. The molecular formula is C11H13BrN2O5. The molecular weight excluding hydrogens is 320 g/mol. The van der Waals surface area contributed by atoms with Crippen LogP contribution in [0.25, 0.3) is 0 Å². The van der Waals surface area contributed by atoms with Crippen LogP contribution in [0.5, 0.6) is 0 Å². The first-order valence-electron chi connectivity index (χ1n) is 5.35. The third kappa shape index (κ3) is 4.27. The van der Waals surface area contributed by atoms with E-state index in [1.807, 2.05) is 0 Å². The summed E-state index contributed by atoms with van der Waals surface area (Å²) in [5.41, 5.74) is -0.0519. The second-order valence-corrected chi connectivity index (χ2v) is 4.51. The number of ether oxygens (including phenoxy) is 1. The minimum atomic E-state index is -0.827. The van der Waals surface area contributed by atoms with E-state index in [4.69, 9.17) is 4.74 Å². The van der Waals surface area contributed by atoms with Gasteiger partial charge in [0.2, 0.25) is 0 Å². The van der Waals surface area contributed by atoms with Crippen molar-refractivity contribution in [2.75, 3.05) is 20.3 Å². The van der Waals surface area contributed by atoms with Gasteiger partial charge < -0.3 is 15.2 Å². The molecule has 0 radical (unpaired) electrons. The van der Waals surface area contributed by atoms with Gasteiger partial charge >= 0.3 is 0 Å². The lowest BCUT2D eigenvalue weighted by molar-refractivity contribution is -0.385. The molecule has 2 N–H and O–H groups in total. The van der Waals surface area contributed by atoms with Gasteiger partial charge in [0.1, 0.15) is 4.47 Å². The number of carbonyl (C=O) groups excluding carboxylic acids is 1. The first-order valence-corrected chi connectivity index (χ1v) is 6.14. The molecule has 1 rings (SSSR count). The van der Waals surface area contributed by atoms with Crippen molar-refractivity contribution in [2.45, 2.75) is 6.10 Å². The highest BCUT2D eigenvalue weighted by molar-refractivity contribution is 9.10. The summed E-state index contributed by atoms with van der Waals surface area (Å²) in [6.07, 6.45) is -0.827. The number of nitro groups is 1. The lowest BCUT2D eigenvalue weighted by Crippen LogP contribution is -2.34. The van der Waals surface area contributed by atoms with Gasteiger partial charge in [-0.1, -0.05) is 6.07 Å². The molecule has 1 amide bonds. The quantitative estimate of drug-likeness (QED) is 0.599. The van der Waals surface area contributed by atoms with Crippen LogP contribution in [0.15, 0.2) is 22.7 Å². The Morgan fingerprint density at radius 2 is 2.32 bits per heavy atom. The molecule has 8 heteroatoms. The van der Waals surface area contributed by atoms with Gasteiger partial charge in [-0.15, -0.1) is 0 Å². The van der Waals surface area contributed by atoms with Gasteiger partial charge in [0.05, 0.1) is 23.2 Å². The summed E-state index contributed by atoms with van der Waals surface area (Å²) in [5.74, 6) is -0.509. The topological polar surface area (TPSA) is 102 Å². The highest BCUT2D eigenvalue weighted by atomic mass is 79.9. The molecule has 0 aliphatic carbocycles. The second kappa shape index (κ2) is 7.17. The highest BCUT2D eigenvalue weighted by Gasteiger charge is 2.19. The third-order valence-electron chi connectivity index (χ3n) is 2.28. The normalized spacial score (nSPS) is 11.9. The summed E-state index contributed by atoms with van der Waals surface area (Å²) in [6.45, 7) is 0.0954. The van der Waals surface area contributed by atoms with Crippen molar-refractivity contribution >= 4 is 27.5 Å². The Bertz CT molecular complexity index is 480. The third-order valence-corrected chi connectivity index (χ3v) is 3.11. The van der Waals surface area contributed by atoms with Crippen LogP contribution in [0.2, 0.25) is 0 Å². The SMILES string of the molecule is COCC(O)CNC(=O)c1cccc([N+](=O)[O-])c1Br. The van der Waals surface area contributed by atoms with Crippen LogP contribution >= 0.6 is 15.9 Å². The number of aliphatic hydroxyl groups excluding tert-OH is 1. The van der Waals surface area contributed by atoms with Crippen LogP contribution in [0.4, 0.5) is 5.69 Å². The molecule has 1 unspecified atom stereocenters. The molecule has 0 fully saturated rings. The zero-order chi connectivity index (χ0) is 14.4. The minimum absolute atomic E-state index is 0.00179. The smallest absolute Gasteiger partial charge is 0.284 e. The minimum Gasteiger partial charge on any atom is -0.389 e. The summed E-state index contributed by atoms with van der Waals surface area (Å²) in [5, 5.41) is 22.6. The molecule has 1 aromatic carbocycles.